The number of halogens is 2. The minimum absolute atomic E-state index is 0.165. The smallest absolute Gasteiger partial charge is 0.137 e. The molecular weight excluding hydrogens is 387 g/mol. The van der Waals surface area contributed by atoms with Gasteiger partial charge in [0, 0.05) is 0 Å². The maximum Gasteiger partial charge on any atom is 0.137 e. The van der Waals surface area contributed by atoms with Crippen LogP contribution in [-0.2, 0) is 6.42 Å². The van der Waals surface area contributed by atoms with Crippen LogP contribution in [0.4, 0.5) is 4.39 Å². The average Bonchev–Trinajstić information content (AvgIpc) is 2.68. The van der Waals surface area contributed by atoms with E-state index in [-0.39, 0.29) is 5.82 Å². The van der Waals surface area contributed by atoms with Crippen molar-refractivity contribution in [2.75, 3.05) is 0 Å². The summed E-state index contributed by atoms with van der Waals surface area (Å²) in [5.41, 5.74) is 1.05. The van der Waals surface area contributed by atoms with E-state index in [1.807, 2.05) is 6.07 Å². The van der Waals surface area contributed by atoms with E-state index < -0.39 is 0 Å². The normalized spacial score (nSPS) is 30.0. The Morgan fingerprint density at radius 3 is 2.12 bits per heavy atom. The van der Waals surface area contributed by atoms with Gasteiger partial charge in [0.15, 0.2) is 0 Å². The number of hydrogen-bond donors (Lipinski definition) is 0. The minimum Gasteiger partial charge on any atom is -0.206 e. The van der Waals surface area contributed by atoms with Gasteiger partial charge in [-0.2, -0.15) is 0 Å². The average molecular weight is 421 g/mol. The highest BCUT2D eigenvalue weighted by Crippen LogP contribution is 2.42. The van der Waals surface area contributed by atoms with Crippen molar-refractivity contribution >= 4 is 15.9 Å². The first-order chi connectivity index (χ1) is 12.7. The van der Waals surface area contributed by atoms with Crippen molar-refractivity contribution in [3.8, 4) is 0 Å². The van der Waals surface area contributed by atoms with E-state index in [2.05, 4.69) is 35.0 Å². The lowest BCUT2D eigenvalue weighted by Crippen LogP contribution is -2.25. The summed E-state index contributed by atoms with van der Waals surface area (Å²) in [5.74, 6) is 3.77. The van der Waals surface area contributed by atoms with Gasteiger partial charge < -0.3 is 0 Å². The monoisotopic (exact) mass is 420 g/mol. The summed E-state index contributed by atoms with van der Waals surface area (Å²) >= 11 is 3.21. The Hall–Kier alpha value is -0.630. The lowest BCUT2D eigenvalue weighted by Gasteiger charge is -2.37. The molecule has 0 radical (unpaired) electrons. The maximum atomic E-state index is 13.5. The molecule has 0 saturated heterocycles. The Labute approximate surface area is 167 Å². The third kappa shape index (κ3) is 5.68. The summed E-state index contributed by atoms with van der Waals surface area (Å²) in [7, 11) is 0. The molecule has 0 N–H and O–H groups in total. The predicted molar refractivity (Wildman–Crippen MR) is 113 cm³/mol. The molecule has 0 spiro atoms. The van der Waals surface area contributed by atoms with Crippen LogP contribution in [0.3, 0.4) is 0 Å². The number of allylic oxidation sites excluding steroid dienone is 2. The highest BCUT2D eigenvalue weighted by Gasteiger charge is 2.30. The molecular formula is C24H34BrF. The van der Waals surface area contributed by atoms with Gasteiger partial charge in [-0.25, -0.2) is 4.39 Å². The molecule has 26 heavy (non-hydrogen) atoms. The second-order valence-electron chi connectivity index (χ2n) is 8.63. The summed E-state index contributed by atoms with van der Waals surface area (Å²) in [6.07, 6.45) is 19.7. The van der Waals surface area contributed by atoms with Crippen molar-refractivity contribution in [3.05, 3.63) is 46.2 Å². The molecule has 2 aliphatic carbocycles. The van der Waals surface area contributed by atoms with Crippen LogP contribution in [0, 0.1) is 29.5 Å². The summed E-state index contributed by atoms with van der Waals surface area (Å²) in [6.45, 7) is 2.36. The minimum atomic E-state index is -0.165. The van der Waals surface area contributed by atoms with E-state index in [4.69, 9.17) is 0 Å². The van der Waals surface area contributed by atoms with E-state index in [1.54, 1.807) is 12.1 Å². The van der Waals surface area contributed by atoms with Crippen molar-refractivity contribution in [1.82, 2.24) is 0 Å². The topological polar surface area (TPSA) is 0 Å². The Kier molecular flexibility index (Phi) is 7.78. The van der Waals surface area contributed by atoms with E-state index in [0.717, 1.165) is 35.7 Å². The fourth-order valence-corrected chi connectivity index (χ4v) is 5.38. The van der Waals surface area contributed by atoms with Gasteiger partial charge in [-0.05, 0) is 109 Å². The molecule has 0 amide bonds. The first-order valence-electron chi connectivity index (χ1n) is 10.7. The molecule has 2 fully saturated rings. The van der Waals surface area contributed by atoms with Crippen LogP contribution in [0.2, 0.25) is 0 Å². The zero-order valence-corrected chi connectivity index (χ0v) is 17.8. The molecule has 0 nitrogen and oxygen atoms in total. The lowest BCUT2D eigenvalue weighted by molar-refractivity contribution is 0.145. The van der Waals surface area contributed by atoms with E-state index in [1.165, 1.54) is 64.2 Å². The molecule has 0 aliphatic heterocycles. The van der Waals surface area contributed by atoms with Gasteiger partial charge in [0.25, 0.3) is 0 Å². The van der Waals surface area contributed by atoms with Gasteiger partial charge in [0.05, 0.1) is 4.47 Å². The van der Waals surface area contributed by atoms with Crippen molar-refractivity contribution in [2.45, 2.75) is 77.6 Å². The number of rotatable bonds is 6. The van der Waals surface area contributed by atoms with Crippen LogP contribution < -0.4 is 0 Å². The molecule has 2 heteroatoms. The summed E-state index contributed by atoms with van der Waals surface area (Å²) in [4.78, 5) is 0. The first-order valence-corrected chi connectivity index (χ1v) is 11.5. The van der Waals surface area contributed by atoms with Crippen LogP contribution in [0.25, 0.3) is 0 Å². The molecule has 1 aromatic rings. The van der Waals surface area contributed by atoms with Crippen LogP contribution in [0.15, 0.2) is 34.8 Å². The van der Waals surface area contributed by atoms with Gasteiger partial charge in [0.1, 0.15) is 5.82 Å². The molecule has 1 aromatic carbocycles. The van der Waals surface area contributed by atoms with Crippen LogP contribution in [-0.4, -0.2) is 0 Å². The van der Waals surface area contributed by atoms with Crippen LogP contribution in [0.5, 0.6) is 0 Å². The molecule has 144 valence electrons. The summed E-state index contributed by atoms with van der Waals surface area (Å²) in [6, 6.07) is 5.43. The SMILES string of the molecule is CCC1CCC(C2CCC(C/C=C\Cc3ccc(Br)c(F)c3)CC2)CC1. The third-order valence-corrected chi connectivity index (χ3v) is 7.64. The third-order valence-electron chi connectivity index (χ3n) is 7.00. The van der Waals surface area contributed by atoms with Crippen molar-refractivity contribution in [3.63, 3.8) is 0 Å². The molecule has 2 saturated carbocycles. The second kappa shape index (κ2) is 10.1. The second-order valence-corrected chi connectivity index (χ2v) is 9.48. The van der Waals surface area contributed by atoms with Crippen LogP contribution >= 0.6 is 15.9 Å². The molecule has 0 bridgehead atoms. The van der Waals surface area contributed by atoms with Crippen LogP contribution in [0.1, 0.15) is 76.7 Å². The van der Waals surface area contributed by atoms with E-state index in [0.29, 0.717) is 4.47 Å². The standard InChI is InChI=1S/C24H34BrF/c1-2-18-7-12-21(13-8-18)22-14-9-19(10-15-22)5-3-4-6-20-11-16-23(25)24(26)17-20/h3-4,11,16-19,21-22H,2,5-10,12-15H2,1H3/b4-3-. The summed E-state index contributed by atoms with van der Waals surface area (Å²) < 4.78 is 14.1. The van der Waals surface area contributed by atoms with Gasteiger partial charge in [-0.15, -0.1) is 0 Å². The van der Waals surface area contributed by atoms with Gasteiger partial charge >= 0.3 is 0 Å². The predicted octanol–water partition coefficient (Wildman–Crippen LogP) is 8.10. The quantitative estimate of drug-likeness (QED) is 0.407. The fourth-order valence-electron chi connectivity index (χ4n) is 5.14. The molecule has 0 aromatic heterocycles. The Balaban J connectivity index is 1.35. The lowest BCUT2D eigenvalue weighted by atomic mass is 9.68. The van der Waals surface area contributed by atoms with E-state index >= 15 is 0 Å². The maximum absolute atomic E-state index is 13.5. The van der Waals surface area contributed by atoms with Crippen molar-refractivity contribution in [2.24, 2.45) is 23.7 Å². The zero-order chi connectivity index (χ0) is 18.4. The number of hydrogen-bond acceptors (Lipinski definition) is 0. The number of benzene rings is 1. The van der Waals surface area contributed by atoms with E-state index in [9.17, 15) is 4.39 Å². The van der Waals surface area contributed by atoms with Crippen molar-refractivity contribution < 1.29 is 4.39 Å². The highest BCUT2D eigenvalue weighted by molar-refractivity contribution is 9.10. The zero-order valence-electron chi connectivity index (χ0n) is 16.2. The largest absolute Gasteiger partial charge is 0.206 e. The van der Waals surface area contributed by atoms with Crippen molar-refractivity contribution in [1.29, 1.82) is 0 Å². The first kappa shape index (κ1) is 20.1. The molecule has 0 unspecified atom stereocenters. The fraction of sp³-hybridized carbons (Fsp3) is 0.667. The van der Waals surface area contributed by atoms with Gasteiger partial charge in [-0.3, -0.25) is 0 Å². The Bertz CT molecular complexity index is 578. The van der Waals surface area contributed by atoms with Gasteiger partial charge in [0.2, 0.25) is 0 Å². The Morgan fingerprint density at radius 1 is 0.923 bits per heavy atom. The van der Waals surface area contributed by atoms with Gasteiger partial charge in [-0.1, -0.05) is 44.4 Å². The molecule has 0 heterocycles. The molecule has 0 atom stereocenters. The molecule has 3 rings (SSSR count). The highest BCUT2D eigenvalue weighted by atomic mass is 79.9. The molecule has 2 aliphatic rings. The Morgan fingerprint density at radius 2 is 1.54 bits per heavy atom. The summed E-state index contributed by atoms with van der Waals surface area (Å²) in [5, 5.41) is 0.